The SMILES string of the molecule is CC(=CCCC(C)C1CC[C@]2(C)C3=CCC4C(C)(C)C(=NNC(N)=S)CC[C@]4(C)C3CC[C@@]12C)C(=O)O. The van der Waals surface area contributed by atoms with Crippen molar-refractivity contribution in [1.29, 1.82) is 0 Å². The number of carboxylic acids is 1. The van der Waals surface area contributed by atoms with E-state index in [-0.39, 0.29) is 21.4 Å². The van der Waals surface area contributed by atoms with Crippen LogP contribution < -0.4 is 11.2 Å². The number of carboxylic acid groups (broad SMARTS) is 1. The quantitative estimate of drug-likeness (QED) is 0.147. The summed E-state index contributed by atoms with van der Waals surface area (Å²) in [6.07, 6.45) is 14.9. The predicted octanol–water partition coefficient (Wildman–Crippen LogP) is 7.23. The topological polar surface area (TPSA) is 87.7 Å². The van der Waals surface area contributed by atoms with Crippen molar-refractivity contribution in [2.24, 2.45) is 56.2 Å². The van der Waals surface area contributed by atoms with Gasteiger partial charge in [-0.3, -0.25) is 5.43 Å². The summed E-state index contributed by atoms with van der Waals surface area (Å²) in [6, 6.07) is 0. The number of fused-ring (bicyclic) bond motifs is 5. The number of hydrazone groups is 1. The van der Waals surface area contributed by atoms with Gasteiger partial charge < -0.3 is 10.8 Å². The normalized spacial score (nSPS) is 40.7. The molecule has 0 heterocycles. The summed E-state index contributed by atoms with van der Waals surface area (Å²) in [7, 11) is 0. The molecular formula is C31H49N3O2S. The van der Waals surface area contributed by atoms with E-state index in [1.165, 1.54) is 37.8 Å². The van der Waals surface area contributed by atoms with Crippen LogP contribution in [0.4, 0.5) is 0 Å². The summed E-state index contributed by atoms with van der Waals surface area (Å²) in [5.74, 6) is 1.69. The number of aliphatic carboxylic acids is 1. The molecule has 0 aliphatic heterocycles. The average molecular weight is 528 g/mol. The minimum absolute atomic E-state index is 0.00277. The Morgan fingerprint density at radius 1 is 1.24 bits per heavy atom. The zero-order valence-corrected chi connectivity index (χ0v) is 24.9. The van der Waals surface area contributed by atoms with Crippen LogP contribution in [0.5, 0.6) is 0 Å². The van der Waals surface area contributed by atoms with Crippen molar-refractivity contribution >= 4 is 29.0 Å². The molecule has 0 aromatic carbocycles. The standard InChI is InChI=1S/C31H49N3O2S/c1-19(9-8-10-20(2)26(35)36)21-13-17-31(7)23-11-12-24-28(3,4)25(33-34-27(32)37)15-16-29(24,5)22(23)14-18-30(21,31)6/h10-11,19,21-22,24H,8-9,12-18H2,1-7H3,(H,35,36)(H3,32,34,37)/t19?,21?,22?,24?,29-,30+,31-/m1/s1. The summed E-state index contributed by atoms with van der Waals surface area (Å²) in [5, 5.41) is 14.1. The average Bonchev–Trinajstić information content (AvgIpc) is 3.09. The number of nitrogens with zero attached hydrogens (tertiary/aromatic N) is 1. The van der Waals surface area contributed by atoms with Gasteiger partial charge in [-0.25, -0.2) is 4.79 Å². The fourth-order valence-corrected chi connectivity index (χ4v) is 9.70. The first-order chi connectivity index (χ1) is 17.2. The molecular weight excluding hydrogens is 478 g/mol. The molecule has 3 fully saturated rings. The van der Waals surface area contributed by atoms with E-state index in [1.54, 1.807) is 12.5 Å². The summed E-state index contributed by atoms with van der Waals surface area (Å²) in [4.78, 5) is 11.2. The Hall–Kier alpha value is -1.69. The molecule has 7 atom stereocenters. The maximum Gasteiger partial charge on any atom is 0.330 e. The van der Waals surface area contributed by atoms with E-state index in [0.29, 0.717) is 34.7 Å². The summed E-state index contributed by atoms with van der Waals surface area (Å²) in [5.41, 5.74) is 12.8. The smallest absolute Gasteiger partial charge is 0.330 e. The minimum atomic E-state index is -0.800. The molecule has 37 heavy (non-hydrogen) atoms. The van der Waals surface area contributed by atoms with E-state index >= 15 is 0 Å². The molecule has 3 saturated carbocycles. The van der Waals surface area contributed by atoms with Crippen LogP contribution in [-0.4, -0.2) is 21.9 Å². The van der Waals surface area contributed by atoms with Crippen molar-refractivity contribution in [1.82, 2.24) is 5.43 Å². The number of carbonyl (C=O) groups is 1. The lowest BCUT2D eigenvalue weighted by molar-refractivity contribution is -0.132. The molecule has 0 spiro atoms. The Balaban J connectivity index is 1.58. The first kappa shape index (κ1) is 28.3. The van der Waals surface area contributed by atoms with Crippen LogP contribution in [-0.2, 0) is 4.79 Å². The van der Waals surface area contributed by atoms with E-state index in [4.69, 9.17) is 18.0 Å². The Morgan fingerprint density at radius 2 is 1.95 bits per heavy atom. The van der Waals surface area contributed by atoms with Crippen molar-refractivity contribution in [3.8, 4) is 0 Å². The highest BCUT2D eigenvalue weighted by Gasteiger charge is 2.65. The number of thiocarbonyl (C=S) groups is 1. The highest BCUT2D eigenvalue weighted by atomic mass is 32.1. The Morgan fingerprint density at radius 3 is 2.59 bits per heavy atom. The number of rotatable bonds is 6. The summed E-state index contributed by atoms with van der Waals surface area (Å²) < 4.78 is 0. The van der Waals surface area contributed by atoms with Crippen LogP contribution in [0.1, 0.15) is 106 Å². The highest BCUT2D eigenvalue weighted by Crippen LogP contribution is 2.73. The Kier molecular flexibility index (Phi) is 7.51. The lowest BCUT2D eigenvalue weighted by atomic mass is 9.41. The maximum atomic E-state index is 11.2. The molecule has 4 aliphatic rings. The number of nitrogens with one attached hydrogen (secondary N) is 1. The van der Waals surface area contributed by atoms with Crippen LogP contribution in [0.2, 0.25) is 0 Å². The van der Waals surface area contributed by atoms with Gasteiger partial charge in [0.15, 0.2) is 5.11 Å². The van der Waals surface area contributed by atoms with E-state index in [2.05, 4.69) is 58.1 Å². The fourth-order valence-electron chi connectivity index (χ4n) is 9.65. The van der Waals surface area contributed by atoms with Gasteiger partial charge >= 0.3 is 5.97 Å². The van der Waals surface area contributed by atoms with Crippen LogP contribution in [0.25, 0.3) is 0 Å². The van der Waals surface area contributed by atoms with Gasteiger partial charge in [0, 0.05) is 16.7 Å². The van der Waals surface area contributed by atoms with Crippen molar-refractivity contribution < 1.29 is 9.90 Å². The van der Waals surface area contributed by atoms with Gasteiger partial charge in [-0.2, -0.15) is 5.10 Å². The first-order valence-corrected chi connectivity index (χ1v) is 14.8. The second-order valence-corrected chi connectivity index (χ2v) is 14.4. The lowest BCUT2D eigenvalue weighted by Gasteiger charge is -2.63. The molecule has 6 heteroatoms. The third-order valence-corrected chi connectivity index (χ3v) is 12.2. The highest BCUT2D eigenvalue weighted by molar-refractivity contribution is 7.80. The molecule has 4 N–H and O–H groups in total. The van der Waals surface area contributed by atoms with Crippen LogP contribution in [0.3, 0.4) is 0 Å². The number of hydrogen-bond acceptors (Lipinski definition) is 3. The van der Waals surface area contributed by atoms with Crippen LogP contribution >= 0.6 is 12.2 Å². The first-order valence-electron chi connectivity index (χ1n) is 14.4. The molecule has 5 nitrogen and oxygen atoms in total. The molecule has 0 aromatic heterocycles. The van der Waals surface area contributed by atoms with E-state index in [1.807, 2.05) is 6.08 Å². The molecule has 0 bridgehead atoms. The third kappa shape index (κ3) is 4.49. The van der Waals surface area contributed by atoms with Gasteiger partial charge in [0.2, 0.25) is 0 Å². The van der Waals surface area contributed by atoms with Crippen LogP contribution in [0.15, 0.2) is 28.4 Å². The monoisotopic (exact) mass is 527 g/mol. The predicted molar refractivity (Wildman–Crippen MR) is 156 cm³/mol. The molecule has 0 aromatic rings. The zero-order chi connectivity index (χ0) is 27.4. The number of allylic oxidation sites excluding steroid dienone is 3. The maximum absolute atomic E-state index is 11.2. The van der Waals surface area contributed by atoms with Gasteiger partial charge in [-0.15, -0.1) is 0 Å². The van der Waals surface area contributed by atoms with Crippen LogP contribution in [0, 0.1) is 45.3 Å². The fraction of sp³-hybridized carbons (Fsp3) is 0.774. The largest absolute Gasteiger partial charge is 0.478 e. The van der Waals surface area contributed by atoms with Crippen molar-refractivity contribution in [3.05, 3.63) is 23.3 Å². The molecule has 206 valence electrons. The molecule has 4 rings (SSSR count). The van der Waals surface area contributed by atoms with Gasteiger partial charge in [-0.05, 0) is 117 Å². The van der Waals surface area contributed by atoms with Crippen molar-refractivity contribution in [2.75, 3.05) is 0 Å². The summed E-state index contributed by atoms with van der Waals surface area (Å²) in [6.45, 7) is 16.6. The summed E-state index contributed by atoms with van der Waals surface area (Å²) >= 11 is 5.01. The molecule has 0 saturated heterocycles. The van der Waals surface area contributed by atoms with E-state index < -0.39 is 5.97 Å². The molecule has 4 unspecified atom stereocenters. The second kappa shape index (κ2) is 9.81. The van der Waals surface area contributed by atoms with E-state index in [9.17, 15) is 9.90 Å². The van der Waals surface area contributed by atoms with Gasteiger partial charge in [-0.1, -0.05) is 59.3 Å². The number of hydrogen-bond donors (Lipinski definition) is 3. The lowest BCUT2D eigenvalue weighted by Crippen LogP contribution is -2.57. The van der Waals surface area contributed by atoms with E-state index in [0.717, 1.165) is 25.7 Å². The Labute approximate surface area is 229 Å². The molecule has 0 radical (unpaired) electrons. The third-order valence-electron chi connectivity index (χ3n) is 12.1. The number of nitrogens with two attached hydrogens (primary N) is 1. The van der Waals surface area contributed by atoms with Gasteiger partial charge in [0.1, 0.15) is 0 Å². The van der Waals surface area contributed by atoms with Crippen molar-refractivity contribution in [2.45, 2.75) is 106 Å². The minimum Gasteiger partial charge on any atom is -0.478 e. The molecule has 0 amide bonds. The van der Waals surface area contributed by atoms with Crippen molar-refractivity contribution in [3.63, 3.8) is 0 Å². The zero-order valence-electron chi connectivity index (χ0n) is 24.1. The molecule has 4 aliphatic carbocycles. The Bertz CT molecular complexity index is 1050. The second-order valence-electron chi connectivity index (χ2n) is 13.9. The van der Waals surface area contributed by atoms with Gasteiger partial charge in [0.25, 0.3) is 0 Å². The van der Waals surface area contributed by atoms with Gasteiger partial charge in [0.05, 0.1) is 0 Å².